The number of nitrogens with one attached hydrogen (secondary N) is 1. The van der Waals surface area contributed by atoms with Crippen molar-refractivity contribution in [3.05, 3.63) is 53.6 Å². The van der Waals surface area contributed by atoms with Gasteiger partial charge in [0.15, 0.2) is 0 Å². The molecule has 0 bridgehead atoms. The molecule has 0 saturated carbocycles. The van der Waals surface area contributed by atoms with Gasteiger partial charge in [0.25, 0.3) is 15.8 Å². The van der Waals surface area contributed by atoms with Crippen molar-refractivity contribution in [2.24, 2.45) is 0 Å². The van der Waals surface area contributed by atoms with Crippen LogP contribution < -0.4 is 9.62 Å². The van der Waals surface area contributed by atoms with E-state index in [1.165, 1.54) is 23.1 Å². The molecule has 140 valence electrons. The maximum Gasteiger partial charge on any atom is 0.454 e. The van der Waals surface area contributed by atoms with Gasteiger partial charge in [0.2, 0.25) is 0 Å². The van der Waals surface area contributed by atoms with Gasteiger partial charge in [0.1, 0.15) is 0 Å². The van der Waals surface area contributed by atoms with E-state index in [0.717, 1.165) is 17.7 Å². The summed E-state index contributed by atoms with van der Waals surface area (Å²) in [5.74, 6) is -2.12. The molecule has 0 spiro atoms. The van der Waals surface area contributed by atoms with Crippen molar-refractivity contribution in [1.82, 2.24) is 0 Å². The van der Waals surface area contributed by atoms with Crippen LogP contribution in [0.15, 0.2) is 47.4 Å². The van der Waals surface area contributed by atoms with Gasteiger partial charge in [-0.05, 0) is 37.3 Å². The van der Waals surface area contributed by atoms with E-state index in [-0.39, 0.29) is 4.90 Å². The summed E-state index contributed by atoms with van der Waals surface area (Å²) < 4.78 is 65.7. The molecule has 0 aliphatic carbocycles. The number of hydrogen-bond donors (Lipinski definition) is 1. The number of alkyl halides is 3. The number of rotatable bonds is 5. The van der Waals surface area contributed by atoms with Crippen LogP contribution in [0.3, 0.4) is 0 Å². The lowest BCUT2D eigenvalue weighted by Crippen LogP contribution is -2.25. The van der Waals surface area contributed by atoms with Gasteiger partial charge in [0, 0.05) is 19.8 Å². The first-order valence-electron chi connectivity index (χ1n) is 7.44. The number of aryl methyl sites for hydroxylation is 1. The van der Waals surface area contributed by atoms with E-state index >= 15 is 0 Å². The van der Waals surface area contributed by atoms with E-state index < -0.39 is 33.2 Å². The first-order valence-corrected chi connectivity index (χ1v) is 8.92. The zero-order chi connectivity index (χ0) is 19.7. The fourth-order valence-corrected chi connectivity index (χ4v) is 3.24. The topological polar surface area (TPSA) is 66.5 Å². The molecule has 0 radical (unpaired) electrons. The Balaban J connectivity index is 2.51. The van der Waals surface area contributed by atoms with Crippen LogP contribution in [-0.2, 0) is 10.0 Å². The molecule has 0 aliphatic rings. The fourth-order valence-electron chi connectivity index (χ4n) is 2.16. The monoisotopic (exact) mass is 386 g/mol. The molecule has 2 aromatic rings. The predicted molar refractivity (Wildman–Crippen MR) is 93.1 cm³/mol. The number of halogens is 3. The molecule has 0 atom stereocenters. The lowest BCUT2D eigenvalue weighted by atomic mass is 10.1. The number of carbonyl (C=O) groups excluding carboxylic acids is 1. The normalized spacial score (nSPS) is 11.9. The quantitative estimate of drug-likeness (QED) is 0.798. The van der Waals surface area contributed by atoms with Gasteiger partial charge < -0.3 is 4.90 Å². The average Bonchev–Trinajstić information content (AvgIpc) is 2.53. The van der Waals surface area contributed by atoms with Gasteiger partial charge in [-0.25, -0.2) is 8.42 Å². The molecule has 2 rings (SSSR count). The minimum Gasteiger partial charge on any atom is -0.378 e. The Labute approximate surface area is 149 Å². The van der Waals surface area contributed by atoms with Crippen molar-refractivity contribution in [3.8, 4) is 0 Å². The standard InChI is InChI=1S/C17H17F3N2O3S/c1-11-4-7-13(8-5-11)26(24,25)21-15-9-6-12(22(2)3)10-14(15)16(23)17(18,19)20/h4-10,21H,1-3H3. The zero-order valence-corrected chi connectivity index (χ0v) is 15.1. The lowest BCUT2D eigenvalue weighted by Gasteiger charge is -2.18. The molecule has 0 unspecified atom stereocenters. The molecular weight excluding hydrogens is 369 g/mol. The largest absolute Gasteiger partial charge is 0.454 e. The van der Waals surface area contributed by atoms with Crippen LogP contribution in [0.2, 0.25) is 0 Å². The smallest absolute Gasteiger partial charge is 0.378 e. The number of nitrogens with zero attached hydrogens (tertiary/aromatic N) is 1. The van der Waals surface area contributed by atoms with Gasteiger partial charge in [-0.2, -0.15) is 13.2 Å². The summed E-state index contributed by atoms with van der Waals surface area (Å²) in [6, 6.07) is 9.34. The number of benzene rings is 2. The molecule has 0 amide bonds. The van der Waals surface area contributed by atoms with Crippen LogP contribution >= 0.6 is 0 Å². The number of anilines is 2. The van der Waals surface area contributed by atoms with Crippen molar-refractivity contribution in [1.29, 1.82) is 0 Å². The minimum absolute atomic E-state index is 0.120. The van der Waals surface area contributed by atoms with Gasteiger partial charge in [-0.3, -0.25) is 9.52 Å². The van der Waals surface area contributed by atoms with Gasteiger partial charge in [0.05, 0.1) is 16.1 Å². The van der Waals surface area contributed by atoms with Crippen LogP contribution in [0.25, 0.3) is 0 Å². The molecule has 2 aromatic carbocycles. The highest BCUT2D eigenvalue weighted by Crippen LogP contribution is 2.30. The summed E-state index contributed by atoms with van der Waals surface area (Å²) in [5, 5.41) is 0. The lowest BCUT2D eigenvalue weighted by molar-refractivity contribution is -0.0884. The van der Waals surface area contributed by atoms with E-state index in [4.69, 9.17) is 0 Å². The highest BCUT2D eigenvalue weighted by Gasteiger charge is 2.41. The van der Waals surface area contributed by atoms with Crippen molar-refractivity contribution in [2.45, 2.75) is 18.0 Å². The second-order valence-corrected chi connectivity index (χ2v) is 7.55. The number of ketones is 1. The first kappa shape index (κ1) is 19.8. The third-order valence-electron chi connectivity index (χ3n) is 3.60. The molecule has 5 nitrogen and oxygen atoms in total. The van der Waals surface area contributed by atoms with E-state index in [0.29, 0.717) is 5.69 Å². The Morgan fingerprint density at radius 3 is 2.12 bits per heavy atom. The Bertz CT molecular complexity index is 921. The summed E-state index contributed by atoms with van der Waals surface area (Å²) in [4.78, 5) is 13.1. The van der Waals surface area contributed by atoms with E-state index in [1.54, 1.807) is 33.2 Å². The second-order valence-electron chi connectivity index (χ2n) is 5.87. The molecule has 26 heavy (non-hydrogen) atoms. The minimum atomic E-state index is -5.13. The highest BCUT2D eigenvalue weighted by molar-refractivity contribution is 7.92. The van der Waals surface area contributed by atoms with Crippen LogP contribution in [-0.4, -0.2) is 34.5 Å². The summed E-state index contributed by atoms with van der Waals surface area (Å²) in [5.41, 5.74) is -0.0407. The third-order valence-corrected chi connectivity index (χ3v) is 4.98. The summed E-state index contributed by atoms with van der Waals surface area (Å²) in [6.07, 6.45) is -5.13. The van der Waals surface area contributed by atoms with Gasteiger partial charge in [-0.15, -0.1) is 0 Å². The molecule has 0 saturated heterocycles. The Morgan fingerprint density at radius 1 is 1.04 bits per heavy atom. The van der Waals surface area contributed by atoms with Crippen LogP contribution in [0.4, 0.5) is 24.5 Å². The maximum absolute atomic E-state index is 12.9. The van der Waals surface area contributed by atoms with E-state index in [2.05, 4.69) is 4.72 Å². The molecule has 0 heterocycles. The molecule has 0 fully saturated rings. The van der Waals surface area contributed by atoms with Crippen molar-refractivity contribution in [3.63, 3.8) is 0 Å². The first-order chi connectivity index (χ1) is 11.9. The Hall–Kier alpha value is -2.55. The number of carbonyl (C=O) groups is 1. The number of Topliss-reactive ketones (excluding diaryl/α,β-unsaturated/α-hetero) is 1. The summed E-state index contributed by atoms with van der Waals surface area (Å²) in [7, 11) is -0.967. The second kappa shape index (κ2) is 6.99. The van der Waals surface area contributed by atoms with Crippen molar-refractivity contribution in [2.75, 3.05) is 23.7 Å². The van der Waals surface area contributed by atoms with Gasteiger partial charge in [-0.1, -0.05) is 17.7 Å². The molecule has 0 aliphatic heterocycles. The summed E-state index contributed by atoms with van der Waals surface area (Å²) >= 11 is 0. The van der Waals surface area contributed by atoms with Crippen molar-refractivity contribution >= 4 is 27.2 Å². The molecule has 1 N–H and O–H groups in total. The zero-order valence-electron chi connectivity index (χ0n) is 14.3. The Morgan fingerprint density at radius 2 is 1.62 bits per heavy atom. The molecule has 0 aromatic heterocycles. The van der Waals surface area contributed by atoms with E-state index in [1.807, 2.05) is 0 Å². The SMILES string of the molecule is Cc1ccc(S(=O)(=O)Nc2ccc(N(C)C)cc2C(=O)C(F)(F)F)cc1. The number of hydrogen-bond acceptors (Lipinski definition) is 4. The van der Waals surface area contributed by atoms with Gasteiger partial charge >= 0.3 is 6.18 Å². The average molecular weight is 386 g/mol. The van der Waals surface area contributed by atoms with Crippen LogP contribution in [0.5, 0.6) is 0 Å². The number of sulfonamides is 1. The third kappa shape index (κ3) is 4.34. The Kier molecular flexibility index (Phi) is 5.31. The highest BCUT2D eigenvalue weighted by atomic mass is 32.2. The summed E-state index contributed by atoms with van der Waals surface area (Å²) in [6.45, 7) is 1.77. The molecular formula is C17H17F3N2O3S. The van der Waals surface area contributed by atoms with Crippen molar-refractivity contribution < 1.29 is 26.4 Å². The fraction of sp³-hybridized carbons (Fsp3) is 0.235. The van der Waals surface area contributed by atoms with E-state index in [9.17, 15) is 26.4 Å². The van der Waals surface area contributed by atoms with Crippen LogP contribution in [0.1, 0.15) is 15.9 Å². The maximum atomic E-state index is 12.9. The predicted octanol–water partition coefficient (Wildman–Crippen LogP) is 3.61. The molecule has 9 heteroatoms. The van der Waals surface area contributed by atoms with Crippen LogP contribution in [0, 0.1) is 6.92 Å².